The van der Waals surface area contributed by atoms with E-state index in [0.29, 0.717) is 0 Å². The van der Waals surface area contributed by atoms with Crippen LogP contribution < -0.4 is 5.73 Å². The molecular weight excluding hydrogens is 242 g/mol. The molecule has 0 amide bonds. The number of hydrogen-bond acceptors (Lipinski definition) is 4. The predicted octanol–water partition coefficient (Wildman–Crippen LogP) is 2.13. The van der Waals surface area contributed by atoms with E-state index in [4.69, 9.17) is 10.7 Å². The van der Waals surface area contributed by atoms with Crippen molar-refractivity contribution in [1.82, 2.24) is 9.88 Å². The third kappa shape index (κ3) is 2.32. The monoisotopic (exact) mass is 259 g/mol. The number of thiazole rings is 1. The average Bonchev–Trinajstić information content (AvgIpc) is 2.83. The third-order valence-corrected chi connectivity index (χ3v) is 4.41. The van der Waals surface area contributed by atoms with E-state index in [1.165, 1.54) is 16.1 Å². The Morgan fingerprint density at radius 3 is 2.89 bits per heavy atom. The zero-order valence-electron chi connectivity index (χ0n) is 10.3. The molecule has 2 aromatic rings. The van der Waals surface area contributed by atoms with Crippen molar-refractivity contribution in [2.24, 2.45) is 5.73 Å². The van der Waals surface area contributed by atoms with Gasteiger partial charge in [-0.05, 0) is 0 Å². The minimum atomic E-state index is 0.736. The van der Waals surface area contributed by atoms with Crippen LogP contribution in [-0.4, -0.2) is 29.5 Å². The van der Waals surface area contributed by atoms with Crippen molar-refractivity contribution < 1.29 is 0 Å². The summed E-state index contributed by atoms with van der Waals surface area (Å²) in [5.41, 5.74) is 8.13. The fourth-order valence-corrected chi connectivity index (χ4v) is 3.48. The summed E-state index contributed by atoms with van der Waals surface area (Å²) in [5, 5.41) is 1.15. The number of hydrogen-bond donors (Lipinski definition) is 1. The van der Waals surface area contributed by atoms with Crippen molar-refractivity contribution >= 4 is 11.3 Å². The number of fused-ring (bicyclic) bond motifs is 1. The Kier molecular flexibility index (Phi) is 3.41. The van der Waals surface area contributed by atoms with E-state index in [-0.39, 0.29) is 0 Å². The predicted molar refractivity (Wildman–Crippen MR) is 75.6 cm³/mol. The van der Waals surface area contributed by atoms with Gasteiger partial charge in [0.2, 0.25) is 0 Å². The number of aromatic nitrogens is 1. The summed E-state index contributed by atoms with van der Waals surface area (Å²) < 4.78 is 0. The fourth-order valence-electron chi connectivity index (χ4n) is 2.33. The van der Waals surface area contributed by atoms with Gasteiger partial charge in [-0.2, -0.15) is 0 Å². The SMILES string of the molecule is NCCN1CCc2nc(-c3ccccc3)sc2C1. The molecule has 0 bridgehead atoms. The summed E-state index contributed by atoms with van der Waals surface area (Å²) in [6, 6.07) is 10.4. The van der Waals surface area contributed by atoms with Crippen molar-refractivity contribution in [3.8, 4) is 10.6 Å². The summed E-state index contributed by atoms with van der Waals surface area (Å²) in [7, 11) is 0. The van der Waals surface area contributed by atoms with Crippen LogP contribution in [-0.2, 0) is 13.0 Å². The first-order valence-electron chi connectivity index (χ1n) is 6.33. The molecule has 1 aromatic carbocycles. The van der Waals surface area contributed by atoms with Gasteiger partial charge in [0, 0.05) is 43.0 Å². The van der Waals surface area contributed by atoms with Crippen LogP contribution in [0.1, 0.15) is 10.6 Å². The van der Waals surface area contributed by atoms with Gasteiger partial charge in [0.15, 0.2) is 0 Å². The van der Waals surface area contributed by atoms with Crippen molar-refractivity contribution in [3.05, 3.63) is 40.9 Å². The van der Waals surface area contributed by atoms with E-state index >= 15 is 0 Å². The molecule has 2 N–H and O–H groups in total. The molecule has 0 spiro atoms. The van der Waals surface area contributed by atoms with Gasteiger partial charge >= 0.3 is 0 Å². The van der Waals surface area contributed by atoms with Gasteiger partial charge in [-0.3, -0.25) is 4.90 Å². The van der Waals surface area contributed by atoms with Crippen LogP contribution in [0.25, 0.3) is 10.6 Å². The highest BCUT2D eigenvalue weighted by molar-refractivity contribution is 7.15. The van der Waals surface area contributed by atoms with Gasteiger partial charge in [0.25, 0.3) is 0 Å². The lowest BCUT2D eigenvalue weighted by Crippen LogP contribution is -2.33. The lowest BCUT2D eigenvalue weighted by molar-refractivity contribution is 0.263. The molecular formula is C14H17N3S. The average molecular weight is 259 g/mol. The minimum Gasteiger partial charge on any atom is -0.329 e. The molecule has 0 fully saturated rings. The first kappa shape index (κ1) is 11.8. The Hall–Kier alpha value is -1.23. The second-order valence-corrected chi connectivity index (χ2v) is 5.65. The first-order valence-corrected chi connectivity index (χ1v) is 7.15. The van der Waals surface area contributed by atoms with E-state index < -0.39 is 0 Å². The van der Waals surface area contributed by atoms with E-state index in [1.54, 1.807) is 0 Å². The summed E-state index contributed by atoms with van der Waals surface area (Å²) in [4.78, 5) is 8.60. The Morgan fingerprint density at radius 1 is 1.28 bits per heavy atom. The van der Waals surface area contributed by atoms with Crippen molar-refractivity contribution in [3.63, 3.8) is 0 Å². The third-order valence-electron chi connectivity index (χ3n) is 3.28. The maximum absolute atomic E-state index is 5.62. The topological polar surface area (TPSA) is 42.1 Å². The van der Waals surface area contributed by atoms with Gasteiger partial charge in [-0.1, -0.05) is 30.3 Å². The summed E-state index contributed by atoms with van der Waals surface area (Å²) in [6.07, 6.45) is 1.05. The fraction of sp³-hybridized carbons (Fsp3) is 0.357. The van der Waals surface area contributed by atoms with E-state index in [9.17, 15) is 0 Å². The molecule has 18 heavy (non-hydrogen) atoms. The van der Waals surface area contributed by atoms with Crippen LogP contribution in [0.5, 0.6) is 0 Å². The highest BCUT2D eigenvalue weighted by Crippen LogP contribution is 2.31. The van der Waals surface area contributed by atoms with E-state index in [1.807, 2.05) is 17.4 Å². The molecule has 3 rings (SSSR count). The molecule has 0 radical (unpaired) electrons. The normalized spacial score (nSPS) is 15.6. The number of rotatable bonds is 3. The maximum Gasteiger partial charge on any atom is 0.123 e. The van der Waals surface area contributed by atoms with Gasteiger partial charge in [0.05, 0.1) is 5.69 Å². The zero-order chi connectivity index (χ0) is 12.4. The van der Waals surface area contributed by atoms with Gasteiger partial charge in [-0.25, -0.2) is 4.98 Å². The Labute approximate surface area is 111 Å². The first-order chi connectivity index (χ1) is 8.86. The van der Waals surface area contributed by atoms with Gasteiger partial charge in [-0.15, -0.1) is 11.3 Å². The number of benzene rings is 1. The molecule has 0 atom stereocenters. The Balaban J connectivity index is 1.85. The van der Waals surface area contributed by atoms with Gasteiger partial charge < -0.3 is 5.73 Å². The lowest BCUT2D eigenvalue weighted by atomic mass is 10.2. The summed E-state index contributed by atoms with van der Waals surface area (Å²) in [5.74, 6) is 0. The molecule has 3 nitrogen and oxygen atoms in total. The second-order valence-electron chi connectivity index (χ2n) is 4.57. The molecule has 0 saturated carbocycles. The summed E-state index contributed by atoms with van der Waals surface area (Å²) in [6.45, 7) is 3.82. The van der Waals surface area contributed by atoms with Crippen LogP contribution in [0, 0.1) is 0 Å². The number of nitrogens with two attached hydrogens (primary N) is 1. The van der Waals surface area contributed by atoms with E-state index in [0.717, 1.165) is 37.6 Å². The Bertz CT molecular complexity index is 521. The molecule has 0 aliphatic carbocycles. The molecule has 1 aliphatic rings. The van der Waals surface area contributed by atoms with Crippen molar-refractivity contribution in [1.29, 1.82) is 0 Å². The molecule has 4 heteroatoms. The maximum atomic E-state index is 5.62. The smallest absolute Gasteiger partial charge is 0.123 e. The van der Waals surface area contributed by atoms with Crippen LogP contribution in [0.3, 0.4) is 0 Å². The number of nitrogens with zero attached hydrogens (tertiary/aromatic N) is 2. The summed E-state index contributed by atoms with van der Waals surface area (Å²) >= 11 is 1.82. The van der Waals surface area contributed by atoms with Crippen LogP contribution >= 0.6 is 11.3 Å². The van der Waals surface area contributed by atoms with Crippen LogP contribution in [0.2, 0.25) is 0 Å². The highest BCUT2D eigenvalue weighted by Gasteiger charge is 2.20. The molecule has 2 heterocycles. The van der Waals surface area contributed by atoms with Crippen LogP contribution in [0.15, 0.2) is 30.3 Å². The standard InChI is InChI=1S/C14H17N3S/c15-7-9-17-8-6-12-13(10-17)18-14(16-12)11-4-2-1-3-5-11/h1-5H,6-10,15H2. The van der Waals surface area contributed by atoms with Crippen molar-refractivity contribution in [2.75, 3.05) is 19.6 Å². The largest absolute Gasteiger partial charge is 0.329 e. The van der Waals surface area contributed by atoms with E-state index in [2.05, 4.69) is 29.2 Å². The molecule has 94 valence electrons. The van der Waals surface area contributed by atoms with Crippen LogP contribution in [0.4, 0.5) is 0 Å². The molecule has 1 aromatic heterocycles. The molecule has 0 unspecified atom stereocenters. The highest BCUT2D eigenvalue weighted by atomic mass is 32.1. The Morgan fingerprint density at radius 2 is 2.11 bits per heavy atom. The second kappa shape index (κ2) is 5.18. The quantitative estimate of drug-likeness (QED) is 0.918. The molecule has 1 aliphatic heterocycles. The van der Waals surface area contributed by atoms with Gasteiger partial charge in [0.1, 0.15) is 5.01 Å². The van der Waals surface area contributed by atoms with Crippen molar-refractivity contribution in [2.45, 2.75) is 13.0 Å². The zero-order valence-corrected chi connectivity index (χ0v) is 11.1. The minimum absolute atomic E-state index is 0.736. The molecule has 0 saturated heterocycles. The lowest BCUT2D eigenvalue weighted by Gasteiger charge is -2.24.